The van der Waals surface area contributed by atoms with Crippen LogP contribution in [0.1, 0.15) is 16.7 Å². The van der Waals surface area contributed by atoms with Crippen LogP contribution in [0, 0.1) is 18.3 Å². The minimum Gasteiger partial charge on any atom is -0.192 e. The molecule has 0 bridgehead atoms. The van der Waals surface area contributed by atoms with Gasteiger partial charge in [0.15, 0.2) is 0 Å². The molecule has 0 unspecified atom stereocenters. The first kappa shape index (κ1) is 13.2. The number of halogens is 1. The van der Waals surface area contributed by atoms with Crippen molar-refractivity contribution < 1.29 is 0 Å². The van der Waals surface area contributed by atoms with Gasteiger partial charge >= 0.3 is 0 Å². The molecule has 3 heteroatoms. The minimum absolute atomic E-state index is 0.676. The Kier molecular flexibility index (Phi) is 4.46. The summed E-state index contributed by atoms with van der Waals surface area (Å²) in [6, 6.07) is 16.4. The number of benzene rings is 2. The molecule has 0 spiro atoms. The Labute approximate surface area is 120 Å². The molecule has 0 aliphatic heterocycles. The number of rotatable bonds is 3. The highest BCUT2D eigenvalue weighted by Gasteiger charge is 2.03. The highest BCUT2D eigenvalue weighted by atomic mass is 79.9. The van der Waals surface area contributed by atoms with Crippen molar-refractivity contribution in [1.29, 1.82) is 5.26 Å². The van der Waals surface area contributed by atoms with Gasteiger partial charge < -0.3 is 0 Å². The first-order valence-electron chi connectivity index (χ1n) is 5.57. The van der Waals surface area contributed by atoms with E-state index in [-0.39, 0.29) is 0 Å². The maximum absolute atomic E-state index is 8.87. The lowest BCUT2D eigenvalue weighted by molar-refractivity contribution is 1.30. The Morgan fingerprint density at radius 1 is 1.22 bits per heavy atom. The predicted molar refractivity (Wildman–Crippen MR) is 79.6 cm³/mol. The molecule has 0 aliphatic rings. The first-order valence-corrected chi connectivity index (χ1v) is 7.35. The van der Waals surface area contributed by atoms with Gasteiger partial charge in [0.1, 0.15) is 6.07 Å². The van der Waals surface area contributed by atoms with E-state index in [1.807, 2.05) is 18.2 Å². The zero-order chi connectivity index (χ0) is 13.0. The summed E-state index contributed by atoms with van der Waals surface area (Å²) in [4.78, 5) is 1.17. The largest absolute Gasteiger partial charge is 0.192 e. The number of hydrogen-bond donors (Lipinski definition) is 0. The van der Waals surface area contributed by atoms with Gasteiger partial charge in [0.2, 0.25) is 0 Å². The SMILES string of the molecule is Cc1ccccc1CSc1ccc(C#N)c(Br)c1. The zero-order valence-electron chi connectivity index (χ0n) is 9.98. The molecule has 18 heavy (non-hydrogen) atoms. The Morgan fingerprint density at radius 3 is 2.67 bits per heavy atom. The molecular weight excluding hydrogens is 306 g/mol. The third kappa shape index (κ3) is 3.16. The van der Waals surface area contributed by atoms with Crippen molar-refractivity contribution in [3.05, 3.63) is 63.6 Å². The van der Waals surface area contributed by atoms with Gasteiger partial charge in [0.25, 0.3) is 0 Å². The molecule has 0 aliphatic carbocycles. The van der Waals surface area contributed by atoms with Gasteiger partial charge in [-0.15, -0.1) is 11.8 Å². The van der Waals surface area contributed by atoms with Crippen LogP contribution in [-0.4, -0.2) is 0 Å². The Morgan fingerprint density at radius 2 is 2.00 bits per heavy atom. The lowest BCUT2D eigenvalue weighted by Gasteiger charge is -2.06. The zero-order valence-corrected chi connectivity index (χ0v) is 12.4. The average Bonchev–Trinajstić information content (AvgIpc) is 2.38. The van der Waals surface area contributed by atoms with Gasteiger partial charge in [-0.3, -0.25) is 0 Å². The second kappa shape index (κ2) is 6.08. The summed E-state index contributed by atoms with van der Waals surface area (Å²) in [5.41, 5.74) is 3.34. The van der Waals surface area contributed by atoms with E-state index in [0.29, 0.717) is 5.56 Å². The molecule has 90 valence electrons. The van der Waals surface area contributed by atoms with Crippen molar-refractivity contribution in [3.63, 3.8) is 0 Å². The molecule has 0 N–H and O–H groups in total. The molecule has 0 aromatic heterocycles. The van der Waals surface area contributed by atoms with Crippen molar-refractivity contribution in [2.45, 2.75) is 17.6 Å². The van der Waals surface area contributed by atoms with Crippen molar-refractivity contribution in [1.82, 2.24) is 0 Å². The minimum atomic E-state index is 0.676. The van der Waals surface area contributed by atoms with Crippen LogP contribution in [0.4, 0.5) is 0 Å². The molecule has 1 nitrogen and oxygen atoms in total. The number of aryl methyl sites for hydroxylation is 1. The van der Waals surface area contributed by atoms with Crippen LogP contribution in [-0.2, 0) is 5.75 Å². The predicted octanol–water partition coefficient (Wildman–Crippen LogP) is 4.92. The van der Waals surface area contributed by atoms with Gasteiger partial charge in [0, 0.05) is 15.1 Å². The molecule has 0 radical (unpaired) electrons. The molecule has 0 amide bonds. The van der Waals surface area contributed by atoms with Gasteiger partial charge in [-0.05, 0) is 52.2 Å². The summed E-state index contributed by atoms with van der Waals surface area (Å²) in [6.07, 6.45) is 0. The third-order valence-electron chi connectivity index (χ3n) is 2.72. The Bertz CT molecular complexity index is 602. The highest BCUT2D eigenvalue weighted by molar-refractivity contribution is 9.10. The number of hydrogen-bond acceptors (Lipinski definition) is 2. The summed E-state index contributed by atoms with van der Waals surface area (Å²) < 4.78 is 0.861. The lowest BCUT2D eigenvalue weighted by atomic mass is 10.1. The average molecular weight is 318 g/mol. The summed E-state index contributed by atoms with van der Waals surface area (Å²) in [5, 5.41) is 8.87. The maximum Gasteiger partial charge on any atom is 0.100 e. The standard InChI is InChI=1S/C15H12BrNS/c1-11-4-2-3-5-13(11)10-18-14-7-6-12(9-17)15(16)8-14/h2-8H,10H2,1H3. The molecule has 0 saturated heterocycles. The van der Waals surface area contributed by atoms with Gasteiger partial charge in [0.05, 0.1) is 5.56 Å². The van der Waals surface area contributed by atoms with Crippen LogP contribution in [0.5, 0.6) is 0 Å². The normalized spacial score (nSPS) is 10.1. The van der Waals surface area contributed by atoms with Crippen LogP contribution in [0.2, 0.25) is 0 Å². The number of nitrogens with zero attached hydrogens (tertiary/aromatic N) is 1. The molecule has 0 heterocycles. The van der Waals surface area contributed by atoms with E-state index in [1.54, 1.807) is 11.8 Å². The number of thioether (sulfide) groups is 1. The lowest BCUT2D eigenvalue weighted by Crippen LogP contribution is -1.86. The smallest absolute Gasteiger partial charge is 0.100 e. The van der Waals surface area contributed by atoms with Crippen molar-refractivity contribution in [2.24, 2.45) is 0 Å². The van der Waals surface area contributed by atoms with Crippen LogP contribution in [0.3, 0.4) is 0 Å². The topological polar surface area (TPSA) is 23.8 Å². The van der Waals surface area contributed by atoms with Gasteiger partial charge in [-0.1, -0.05) is 24.3 Å². The summed E-state index contributed by atoms with van der Waals surface area (Å²) >= 11 is 5.19. The van der Waals surface area contributed by atoms with E-state index in [2.05, 4.69) is 53.2 Å². The molecule has 2 aromatic carbocycles. The quantitative estimate of drug-likeness (QED) is 0.750. The van der Waals surface area contributed by atoms with Crippen molar-refractivity contribution >= 4 is 27.7 Å². The second-order valence-corrected chi connectivity index (χ2v) is 5.87. The van der Waals surface area contributed by atoms with Gasteiger partial charge in [-0.2, -0.15) is 5.26 Å². The van der Waals surface area contributed by atoms with Crippen LogP contribution < -0.4 is 0 Å². The van der Waals surface area contributed by atoms with E-state index in [1.165, 1.54) is 16.0 Å². The molecule has 2 rings (SSSR count). The van der Waals surface area contributed by atoms with E-state index >= 15 is 0 Å². The summed E-state index contributed by atoms with van der Waals surface area (Å²) in [5.74, 6) is 0.949. The fraction of sp³-hybridized carbons (Fsp3) is 0.133. The number of nitriles is 1. The third-order valence-corrected chi connectivity index (χ3v) is 4.42. The van der Waals surface area contributed by atoms with Crippen LogP contribution >= 0.6 is 27.7 Å². The summed E-state index contributed by atoms with van der Waals surface area (Å²) in [6.45, 7) is 2.13. The van der Waals surface area contributed by atoms with Crippen molar-refractivity contribution in [3.8, 4) is 6.07 Å². The fourth-order valence-corrected chi connectivity index (χ4v) is 3.24. The molecule has 0 fully saturated rings. The Hall–Kier alpha value is -1.24. The van der Waals surface area contributed by atoms with Crippen molar-refractivity contribution in [2.75, 3.05) is 0 Å². The second-order valence-electron chi connectivity index (χ2n) is 3.97. The molecular formula is C15H12BrNS. The molecule has 0 saturated carbocycles. The fourth-order valence-electron chi connectivity index (χ4n) is 1.61. The van der Waals surface area contributed by atoms with Gasteiger partial charge in [-0.25, -0.2) is 0 Å². The van der Waals surface area contributed by atoms with Crippen LogP contribution in [0.25, 0.3) is 0 Å². The van der Waals surface area contributed by atoms with E-state index in [9.17, 15) is 0 Å². The monoisotopic (exact) mass is 317 g/mol. The Balaban J connectivity index is 2.10. The first-order chi connectivity index (χ1) is 8.70. The van der Waals surface area contributed by atoms with E-state index in [0.717, 1.165) is 10.2 Å². The summed E-state index contributed by atoms with van der Waals surface area (Å²) in [7, 11) is 0. The molecule has 0 atom stereocenters. The van der Waals surface area contributed by atoms with Crippen LogP contribution in [0.15, 0.2) is 51.8 Å². The van der Waals surface area contributed by atoms with E-state index in [4.69, 9.17) is 5.26 Å². The van der Waals surface area contributed by atoms with E-state index < -0.39 is 0 Å². The molecule has 2 aromatic rings. The maximum atomic E-state index is 8.87. The highest BCUT2D eigenvalue weighted by Crippen LogP contribution is 2.28.